The fourth-order valence-electron chi connectivity index (χ4n) is 3.11. The summed E-state index contributed by atoms with van der Waals surface area (Å²) >= 11 is 6.33. The summed E-state index contributed by atoms with van der Waals surface area (Å²) in [4.78, 5) is 40.3. The number of ether oxygens (including phenoxy) is 3. The lowest BCUT2D eigenvalue weighted by molar-refractivity contribution is -0.384. The van der Waals surface area contributed by atoms with E-state index in [2.05, 4.69) is 4.99 Å². The number of esters is 2. The summed E-state index contributed by atoms with van der Waals surface area (Å²) in [6, 6.07) is 3.70. The smallest absolute Gasteiger partial charge is 0.338 e. The number of aliphatic imine (C=N–C) groups is 1. The predicted molar refractivity (Wildman–Crippen MR) is 108 cm³/mol. The van der Waals surface area contributed by atoms with Gasteiger partial charge in [-0.15, -0.1) is 0 Å². The van der Waals surface area contributed by atoms with Crippen LogP contribution in [0.2, 0.25) is 5.02 Å². The van der Waals surface area contributed by atoms with E-state index in [0.717, 1.165) is 0 Å². The molecule has 0 saturated heterocycles. The topological polar surface area (TPSA) is 143 Å². The summed E-state index contributed by atoms with van der Waals surface area (Å²) in [6.45, 7) is 5.15. The van der Waals surface area contributed by atoms with E-state index in [1.807, 2.05) is 0 Å². The first-order chi connectivity index (χ1) is 14.3. The number of hydrogen-bond donors (Lipinski definition) is 1. The highest BCUT2D eigenvalue weighted by Crippen LogP contribution is 2.43. The Hall–Kier alpha value is -3.14. The largest absolute Gasteiger partial charge is 0.480 e. The van der Waals surface area contributed by atoms with Crippen molar-refractivity contribution in [1.29, 1.82) is 0 Å². The molecule has 10 nitrogen and oxygen atoms in total. The highest BCUT2D eigenvalue weighted by atomic mass is 35.5. The summed E-state index contributed by atoms with van der Waals surface area (Å²) in [5, 5.41) is 11.4. The molecule has 2 rings (SSSR count). The minimum absolute atomic E-state index is 0.0388. The molecule has 0 aliphatic carbocycles. The van der Waals surface area contributed by atoms with Crippen LogP contribution in [0.25, 0.3) is 0 Å². The third kappa shape index (κ3) is 4.70. The van der Waals surface area contributed by atoms with Crippen LogP contribution in [-0.2, 0) is 23.8 Å². The molecule has 1 aromatic carbocycles. The molecule has 0 spiro atoms. The van der Waals surface area contributed by atoms with Crippen LogP contribution in [0.15, 0.2) is 34.6 Å². The Kier molecular flexibility index (Phi) is 7.76. The molecule has 2 unspecified atom stereocenters. The zero-order chi connectivity index (χ0) is 22.4. The van der Waals surface area contributed by atoms with Gasteiger partial charge >= 0.3 is 11.9 Å². The van der Waals surface area contributed by atoms with Crippen LogP contribution >= 0.6 is 11.6 Å². The summed E-state index contributed by atoms with van der Waals surface area (Å²) in [5.41, 5.74) is 5.72. The van der Waals surface area contributed by atoms with E-state index < -0.39 is 28.7 Å². The van der Waals surface area contributed by atoms with Gasteiger partial charge in [0.05, 0.1) is 30.3 Å². The Balaban J connectivity index is 2.80. The quantitative estimate of drug-likeness (QED) is 0.388. The van der Waals surface area contributed by atoms with Crippen molar-refractivity contribution < 1.29 is 28.7 Å². The van der Waals surface area contributed by atoms with Gasteiger partial charge in [-0.1, -0.05) is 11.6 Å². The van der Waals surface area contributed by atoms with E-state index in [9.17, 15) is 19.7 Å². The number of nitrogens with zero attached hydrogens (tertiary/aromatic N) is 2. The van der Waals surface area contributed by atoms with E-state index in [1.54, 1.807) is 20.8 Å². The molecule has 1 aromatic rings. The Morgan fingerprint density at radius 2 is 1.87 bits per heavy atom. The van der Waals surface area contributed by atoms with Crippen LogP contribution in [0.1, 0.15) is 32.3 Å². The summed E-state index contributed by atoms with van der Waals surface area (Å²) in [5.74, 6) is -4.27. The average molecular weight is 440 g/mol. The lowest BCUT2D eigenvalue weighted by Gasteiger charge is -2.31. The van der Waals surface area contributed by atoms with Crippen LogP contribution in [0.5, 0.6) is 0 Å². The molecule has 0 aromatic heterocycles. The second kappa shape index (κ2) is 10.1. The number of rotatable bonds is 7. The van der Waals surface area contributed by atoms with Crippen molar-refractivity contribution in [2.24, 2.45) is 16.6 Å². The van der Waals surface area contributed by atoms with Gasteiger partial charge in [-0.2, -0.15) is 4.99 Å². The Bertz CT molecular complexity index is 913. The third-order valence-electron chi connectivity index (χ3n) is 4.27. The number of carbonyl (C=O) groups is 2. The zero-order valence-corrected chi connectivity index (χ0v) is 17.5. The summed E-state index contributed by atoms with van der Waals surface area (Å²) < 4.78 is 15.7. The molecule has 162 valence electrons. The van der Waals surface area contributed by atoms with Crippen molar-refractivity contribution in [3.63, 3.8) is 0 Å². The molecule has 30 heavy (non-hydrogen) atoms. The van der Waals surface area contributed by atoms with Crippen molar-refractivity contribution in [2.45, 2.75) is 26.7 Å². The van der Waals surface area contributed by atoms with Gasteiger partial charge in [0.2, 0.25) is 5.90 Å². The molecule has 2 atom stereocenters. The normalized spacial score (nSPS) is 18.5. The molecule has 2 N–H and O–H groups in total. The lowest BCUT2D eigenvalue weighted by Crippen LogP contribution is -2.40. The van der Waals surface area contributed by atoms with Crippen molar-refractivity contribution in [3.8, 4) is 0 Å². The SMILES string of the molecule is CCOC(=O)C1=C(N)N=C(OCC)C(C(=O)OCC)C1c1cc([N+](=O)[O-])ccc1Cl. The molecule has 0 bridgehead atoms. The average Bonchev–Trinajstić information content (AvgIpc) is 2.68. The van der Waals surface area contributed by atoms with Crippen molar-refractivity contribution >= 4 is 35.1 Å². The first kappa shape index (κ1) is 23.1. The van der Waals surface area contributed by atoms with Gasteiger partial charge in [-0.3, -0.25) is 14.9 Å². The fraction of sp³-hybridized carbons (Fsp3) is 0.421. The number of non-ortho nitro benzene ring substituents is 1. The molecule has 0 amide bonds. The monoisotopic (exact) mass is 439 g/mol. The van der Waals surface area contributed by atoms with Crippen LogP contribution in [0.3, 0.4) is 0 Å². The van der Waals surface area contributed by atoms with Crippen LogP contribution in [-0.4, -0.2) is 42.6 Å². The maximum Gasteiger partial charge on any atom is 0.338 e. The summed E-state index contributed by atoms with van der Waals surface area (Å²) in [7, 11) is 0. The number of nitro groups is 1. The third-order valence-corrected chi connectivity index (χ3v) is 4.61. The molecule has 1 aliphatic rings. The number of halogens is 1. The zero-order valence-electron chi connectivity index (χ0n) is 16.7. The van der Waals surface area contributed by atoms with Gasteiger partial charge in [0, 0.05) is 23.1 Å². The lowest BCUT2D eigenvalue weighted by atomic mass is 9.78. The first-order valence-electron chi connectivity index (χ1n) is 9.25. The van der Waals surface area contributed by atoms with E-state index >= 15 is 0 Å². The van der Waals surface area contributed by atoms with E-state index in [0.29, 0.717) is 0 Å². The molecule has 1 aliphatic heterocycles. The molecule has 0 saturated carbocycles. The van der Waals surface area contributed by atoms with Crippen LogP contribution in [0.4, 0.5) is 5.69 Å². The van der Waals surface area contributed by atoms with Gasteiger partial charge in [-0.25, -0.2) is 4.79 Å². The summed E-state index contributed by atoms with van der Waals surface area (Å²) in [6.07, 6.45) is 0. The molecule has 11 heteroatoms. The van der Waals surface area contributed by atoms with Gasteiger partial charge < -0.3 is 19.9 Å². The highest BCUT2D eigenvalue weighted by molar-refractivity contribution is 6.31. The first-order valence-corrected chi connectivity index (χ1v) is 9.63. The molecule has 0 radical (unpaired) electrons. The molecular formula is C19H22ClN3O7. The minimum atomic E-state index is -1.24. The standard InChI is InChI=1S/C19H22ClN3O7/c1-4-28-17-15(19(25)30-6-3)13(14(16(21)22-17)18(24)29-5-2)11-9-10(23(26)27)7-8-12(11)20/h7-9,13,15H,4-6,21H2,1-3H3. The number of carbonyl (C=O) groups excluding carboxylic acids is 2. The maximum absolute atomic E-state index is 12.9. The van der Waals surface area contributed by atoms with Gasteiger partial charge in [0.1, 0.15) is 11.7 Å². The Morgan fingerprint density at radius 1 is 1.20 bits per heavy atom. The number of benzene rings is 1. The Labute approximate surface area is 177 Å². The maximum atomic E-state index is 12.9. The van der Waals surface area contributed by atoms with Gasteiger partial charge in [0.15, 0.2) is 0 Å². The van der Waals surface area contributed by atoms with Crippen molar-refractivity contribution in [2.75, 3.05) is 19.8 Å². The van der Waals surface area contributed by atoms with Gasteiger partial charge in [-0.05, 0) is 32.4 Å². The van der Waals surface area contributed by atoms with Gasteiger partial charge in [0.25, 0.3) is 5.69 Å². The number of nitro benzene ring substituents is 1. The molecular weight excluding hydrogens is 418 g/mol. The van der Waals surface area contributed by atoms with Crippen LogP contribution in [0, 0.1) is 16.0 Å². The predicted octanol–water partition coefficient (Wildman–Crippen LogP) is 2.69. The minimum Gasteiger partial charge on any atom is -0.480 e. The molecule has 0 fully saturated rings. The van der Waals surface area contributed by atoms with E-state index in [1.165, 1.54) is 18.2 Å². The van der Waals surface area contributed by atoms with Crippen LogP contribution < -0.4 is 5.73 Å². The second-order valence-corrected chi connectivity index (χ2v) is 6.48. The van der Waals surface area contributed by atoms with E-state index in [4.69, 9.17) is 31.5 Å². The number of hydrogen-bond acceptors (Lipinski definition) is 9. The Morgan fingerprint density at radius 3 is 2.43 bits per heavy atom. The fourth-order valence-corrected chi connectivity index (χ4v) is 3.35. The highest BCUT2D eigenvalue weighted by Gasteiger charge is 2.46. The van der Waals surface area contributed by atoms with E-state index in [-0.39, 0.29) is 53.4 Å². The second-order valence-electron chi connectivity index (χ2n) is 6.07. The van der Waals surface area contributed by atoms with Crippen molar-refractivity contribution in [1.82, 2.24) is 0 Å². The molecule has 1 heterocycles. The number of nitrogens with two attached hydrogens (primary N) is 1. The van der Waals surface area contributed by atoms with Crippen molar-refractivity contribution in [3.05, 3.63) is 50.3 Å².